The number of hydrogen-bond donors (Lipinski definition) is 1. The van der Waals surface area contributed by atoms with Crippen LogP contribution < -0.4 is 10.1 Å². The number of nitrogens with zero attached hydrogens (tertiary/aromatic N) is 1. The average molecular weight is 457 g/mol. The molecule has 1 aliphatic rings. The van der Waals surface area contributed by atoms with Crippen molar-refractivity contribution in [3.63, 3.8) is 0 Å². The lowest BCUT2D eigenvalue weighted by Gasteiger charge is -2.31. The lowest BCUT2D eigenvalue weighted by atomic mass is 10.1. The van der Waals surface area contributed by atoms with Gasteiger partial charge in [0.25, 0.3) is 5.91 Å². The molecule has 0 radical (unpaired) electrons. The van der Waals surface area contributed by atoms with Crippen LogP contribution in [0.1, 0.15) is 27.9 Å². The highest BCUT2D eigenvalue weighted by molar-refractivity contribution is 5.91. The summed E-state index contributed by atoms with van der Waals surface area (Å²) in [6.07, 6.45) is 0. The highest BCUT2D eigenvalue weighted by atomic mass is 16.5. The van der Waals surface area contributed by atoms with Crippen molar-refractivity contribution in [2.75, 3.05) is 32.8 Å². The predicted octanol–water partition coefficient (Wildman–Crippen LogP) is 4.82. The molecule has 1 saturated heterocycles. The first kappa shape index (κ1) is 22.2. The van der Waals surface area contributed by atoms with E-state index in [1.54, 1.807) is 12.1 Å². The Balaban J connectivity index is 1.23. The van der Waals surface area contributed by atoms with E-state index in [1.165, 1.54) is 0 Å². The first-order valence-corrected chi connectivity index (χ1v) is 11.6. The van der Waals surface area contributed by atoms with Crippen LogP contribution in [0.2, 0.25) is 0 Å². The first-order chi connectivity index (χ1) is 16.7. The summed E-state index contributed by atoms with van der Waals surface area (Å²) in [7, 11) is 0. The third kappa shape index (κ3) is 5.47. The fraction of sp³-hybridized carbons (Fsp3) is 0.250. The quantitative estimate of drug-likeness (QED) is 0.412. The molecule has 4 aromatic rings. The van der Waals surface area contributed by atoms with Gasteiger partial charge in [-0.3, -0.25) is 9.69 Å². The fourth-order valence-corrected chi connectivity index (χ4v) is 4.18. The molecule has 0 saturated carbocycles. The Kier molecular flexibility index (Phi) is 6.89. The topological polar surface area (TPSA) is 63.9 Å². The number of carbonyl (C=O) groups is 1. The van der Waals surface area contributed by atoms with Crippen LogP contribution >= 0.6 is 0 Å². The van der Waals surface area contributed by atoms with E-state index < -0.39 is 0 Å². The Morgan fingerprint density at radius 1 is 0.912 bits per heavy atom. The van der Waals surface area contributed by atoms with E-state index in [2.05, 4.69) is 22.3 Å². The Hall–Kier alpha value is -3.61. The fourth-order valence-electron chi connectivity index (χ4n) is 4.18. The number of ether oxygens (including phenoxy) is 2. The molecular formula is C28H28N2O4. The van der Waals surface area contributed by atoms with Crippen LogP contribution in [0.15, 0.2) is 89.3 Å². The molecule has 34 heavy (non-hydrogen) atoms. The monoisotopic (exact) mass is 456 g/mol. The summed E-state index contributed by atoms with van der Waals surface area (Å²) >= 11 is 0. The van der Waals surface area contributed by atoms with Crippen LogP contribution in [0.4, 0.5) is 0 Å². The minimum Gasteiger partial charge on any atom is -0.486 e. The van der Waals surface area contributed by atoms with E-state index in [0.717, 1.165) is 41.7 Å². The molecule has 174 valence electrons. The zero-order chi connectivity index (χ0) is 23.2. The van der Waals surface area contributed by atoms with E-state index in [1.807, 2.05) is 60.7 Å². The van der Waals surface area contributed by atoms with Gasteiger partial charge in [0, 0.05) is 19.6 Å². The van der Waals surface area contributed by atoms with E-state index in [-0.39, 0.29) is 24.3 Å². The maximum atomic E-state index is 13.0. The van der Waals surface area contributed by atoms with Gasteiger partial charge in [0.2, 0.25) is 0 Å². The van der Waals surface area contributed by atoms with Gasteiger partial charge in [0.1, 0.15) is 18.1 Å². The van der Waals surface area contributed by atoms with Crippen molar-refractivity contribution < 1.29 is 18.7 Å². The van der Waals surface area contributed by atoms with Gasteiger partial charge in [-0.2, -0.15) is 0 Å². The molecule has 5 rings (SSSR count). The Bertz CT molecular complexity index is 1230. The molecule has 0 aliphatic carbocycles. The lowest BCUT2D eigenvalue weighted by Crippen LogP contribution is -2.43. The summed E-state index contributed by atoms with van der Waals surface area (Å²) in [6.45, 7) is 4.12. The summed E-state index contributed by atoms with van der Waals surface area (Å²) in [4.78, 5) is 15.3. The molecule has 2 heterocycles. The molecule has 1 aliphatic heterocycles. The van der Waals surface area contributed by atoms with E-state index in [0.29, 0.717) is 19.0 Å². The van der Waals surface area contributed by atoms with Gasteiger partial charge in [-0.15, -0.1) is 0 Å². The van der Waals surface area contributed by atoms with Crippen LogP contribution in [-0.4, -0.2) is 43.7 Å². The molecule has 1 N–H and O–H groups in total. The standard InChI is InChI=1S/C28H28N2O4/c31-28(29-26(22-7-2-1-3-8-22)19-30-14-16-32-17-15-30)27-13-12-25(34-27)20-33-24-11-10-21-6-4-5-9-23(21)18-24/h1-13,18,26H,14-17,19-20H2,(H,29,31). The Labute approximate surface area is 199 Å². The number of benzene rings is 3. The van der Waals surface area contributed by atoms with Gasteiger partial charge in [-0.25, -0.2) is 0 Å². The summed E-state index contributed by atoms with van der Waals surface area (Å²) in [5, 5.41) is 5.43. The molecule has 1 fully saturated rings. The van der Waals surface area contributed by atoms with Crippen molar-refractivity contribution in [3.8, 4) is 5.75 Å². The van der Waals surface area contributed by atoms with Crippen LogP contribution in [0.25, 0.3) is 10.8 Å². The second-order valence-electron chi connectivity index (χ2n) is 8.41. The van der Waals surface area contributed by atoms with E-state index in [9.17, 15) is 4.79 Å². The van der Waals surface area contributed by atoms with Gasteiger partial charge in [0.15, 0.2) is 5.76 Å². The molecule has 6 nitrogen and oxygen atoms in total. The number of fused-ring (bicyclic) bond motifs is 1. The number of carbonyl (C=O) groups excluding carboxylic acids is 1. The lowest BCUT2D eigenvalue weighted by molar-refractivity contribution is 0.0331. The minimum absolute atomic E-state index is 0.144. The molecule has 1 amide bonds. The maximum Gasteiger partial charge on any atom is 0.287 e. The molecular weight excluding hydrogens is 428 g/mol. The SMILES string of the molecule is O=C(NC(CN1CCOCC1)c1ccccc1)c1ccc(COc2ccc3ccccc3c2)o1. The molecule has 6 heteroatoms. The predicted molar refractivity (Wildman–Crippen MR) is 131 cm³/mol. The normalized spacial score (nSPS) is 15.2. The maximum absolute atomic E-state index is 13.0. The average Bonchev–Trinajstić information content (AvgIpc) is 3.37. The molecule has 1 aromatic heterocycles. The van der Waals surface area contributed by atoms with Crippen LogP contribution in [-0.2, 0) is 11.3 Å². The van der Waals surface area contributed by atoms with Crippen molar-refractivity contribution in [1.82, 2.24) is 10.2 Å². The summed E-state index contributed by atoms with van der Waals surface area (Å²) < 4.78 is 17.2. The van der Waals surface area contributed by atoms with E-state index in [4.69, 9.17) is 13.9 Å². The number of nitrogens with one attached hydrogen (secondary N) is 1. The zero-order valence-corrected chi connectivity index (χ0v) is 19.0. The first-order valence-electron chi connectivity index (χ1n) is 11.6. The summed E-state index contributed by atoms with van der Waals surface area (Å²) in [5.41, 5.74) is 1.06. The minimum atomic E-state index is -0.237. The van der Waals surface area contributed by atoms with Gasteiger partial charge < -0.3 is 19.2 Å². The molecule has 0 bridgehead atoms. The number of hydrogen-bond acceptors (Lipinski definition) is 5. The summed E-state index contributed by atoms with van der Waals surface area (Å²) in [6, 6.07) is 27.5. The van der Waals surface area contributed by atoms with Crippen LogP contribution in [0.5, 0.6) is 5.75 Å². The van der Waals surface area contributed by atoms with Gasteiger partial charge >= 0.3 is 0 Å². The zero-order valence-electron chi connectivity index (χ0n) is 19.0. The Morgan fingerprint density at radius 3 is 2.50 bits per heavy atom. The Morgan fingerprint density at radius 2 is 1.68 bits per heavy atom. The molecule has 1 atom stereocenters. The number of rotatable bonds is 8. The highest BCUT2D eigenvalue weighted by Crippen LogP contribution is 2.22. The third-order valence-electron chi connectivity index (χ3n) is 6.04. The largest absolute Gasteiger partial charge is 0.486 e. The smallest absolute Gasteiger partial charge is 0.287 e. The number of amides is 1. The number of furan rings is 1. The van der Waals surface area contributed by atoms with Gasteiger partial charge in [-0.1, -0.05) is 60.7 Å². The third-order valence-corrected chi connectivity index (χ3v) is 6.04. The van der Waals surface area contributed by atoms with E-state index >= 15 is 0 Å². The molecule has 3 aromatic carbocycles. The van der Waals surface area contributed by atoms with Crippen molar-refractivity contribution in [3.05, 3.63) is 102 Å². The van der Waals surface area contributed by atoms with Crippen LogP contribution in [0.3, 0.4) is 0 Å². The molecule has 1 unspecified atom stereocenters. The van der Waals surface area contributed by atoms with Crippen molar-refractivity contribution in [2.45, 2.75) is 12.6 Å². The van der Waals surface area contributed by atoms with Crippen molar-refractivity contribution >= 4 is 16.7 Å². The van der Waals surface area contributed by atoms with Crippen molar-refractivity contribution in [2.24, 2.45) is 0 Å². The molecule has 0 spiro atoms. The van der Waals surface area contributed by atoms with Crippen LogP contribution in [0, 0.1) is 0 Å². The van der Waals surface area contributed by atoms with Crippen molar-refractivity contribution in [1.29, 1.82) is 0 Å². The second-order valence-corrected chi connectivity index (χ2v) is 8.41. The number of morpholine rings is 1. The second kappa shape index (κ2) is 10.5. The van der Waals surface area contributed by atoms with Gasteiger partial charge in [-0.05, 0) is 40.6 Å². The highest BCUT2D eigenvalue weighted by Gasteiger charge is 2.22. The van der Waals surface area contributed by atoms with Gasteiger partial charge in [0.05, 0.1) is 19.3 Å². The summed E-state index contributed by atoms with van der Waals surface area (Å²) in [5.74, 6) is 1.40.